The summed E-state index contributed by atoms with van der Waals surface area (Å²) < 4.78 is 3.64. The van der Waals surface area contributed by atoms with Crippen molar-refractivity contribution in [2.24, 2.45) is 7.05 Å². The molecule has 2 N–H and O–H groups in total. The summed E-state index contributed by atoms with van der Waals surface area (Å²) in [4.78, 5) is 32.4. The molecule has 2 aromatic carbocycles. The summed E-state index contributed by atoms with van der Waals surface area (Å²) in [6, 6.07) is 17.3. The van der Waals surface area contributed by atoms with E-state index in [0.717, 1.165) is 67.9 Å². The van der Waals surface area contributed by atoms with Gasteiger partial charge in [-0.1, -0.05) is 30.3 Å². The van der Waals surface area contributed by atoms with Crippen LogP contribution in [0, 0.1) is 0 Å². The third-order valence-electron chi connectivity index (χ3n) is 6.72. The summed E-state index contributed by atoms with van der Waals surface area (Å²) in [6.07, 6.45) is 8.61. The van der Waals surface area contributed by atoms with Gasteiger partial charge < -0.3 is 10.2 Å². The van der Waals surface area contributed by atoms with E-state index in [9.17, 15) is 9.59 Å². The van der Waals surface area contributed by atoms with E-state index in [2.05, 4.69) is 15.7 Å². The van der Waals surface area contributed by atoms with E-state index in [1.807, 2.05) is 77.4 Å². The highest BCUT2D eigenvalue weighted by atomic mass is 16.2. The number of carbonyl (C=O) groups excluding carboxylic acids is 2. The second kappa shape index (κ2) is 11.9. The minimum atomic E-state index is -0.230. The van der Waals surface area contributed by atoms with Gasteiger partial charge in [-0.2, -0.15) is 5.10 Å². The normalized spacial score (nSPS) is 13.4. The van der Waals surface area contributed by atoms with Crippen LogP contribution in [-0.2, 0) is 18.3 Å². The smallest absolute Gasteiger partial charge is 0.258 e. The molecule has 0 radical (unpaired) electrons. The van der Waals surface area contributed by atoms with Crippen molar-refractivity contribution in [1.29, 1.82) is 0 Å². The molecule has 196 valence electrons. The Labute approximate surface area is 222 Å². The second-order valence-electron chi connectivity index (χ2n) is 9.54. The summed E-state index contributed by atoms with van der Waals surface area (Å²) in [5, 5.41) is 10.5. The molecule has 3 heterocycles. The maximum absolute atomic E-state index is 13.2. The quantitative estimate of drug-likeness (QED) is 0.334. The van der Waals surface area contributed by atoms with Crippen molar-refractivity contribution in [3.05, 3.63) is 84.4 Å². The summed E-state index contributed by atoms with van der Waals surface area (Å²) in [7, 11) is 1.87. The molecule has 2 amide bonds. The zero-order valence-electron chi connectivity index (χ0n) is 21.6. The van der Waals surface area contributed by atoms with Crippen LogP contribution >= 0.6 is 0 Å². The minimum absolute atomic E-state index is 0.225. The van der Waals surface area contributed by atoms with E-state index in [4.69, 9.17) is 4.98 Å². The minimum Gasteiger partial charge on any atom is -0.340 e. The number of imidazole rings is 1. The van der Waals surface area contributed by atoms with Crippen LogP contribution in [0.15, 0.2) is 73.2 Å². The standard InChI is InChI=1S/C29H33N7O2/c1-34-20-24(19-31-34)22-8-7-9-23(18-22)28(38)33-29-32-25(21-36(29)26-11-3-2-4-12-26)10-5-6-13-27(37)35-16-14-30-15-17-35/h2-4,7-9,11-12,18-21,30H,5-6,10,13-17H2,1H3,(H,32,33,38). The number of carbonyl (C=O) groups is 2. The molecule has 1 aliphatic rings. The van der Waals surface area contributed by atoms with Crippen molar-refractivity contribution in [2.45, 2.75) is 25.7 Å². The lowest BCUT2D eigenvalue weighted by atomic mass is 10.1. The number of piperazine rings is 1. The van der Waals surface area contributed by atoms with E-state index in [1.54, 1.807) is 16.9 Å². The van der Waals surface area contributed by atoms with Gasteiger partial charge in [-0.15, -0.1) is 0 Å². The fourth-order valence-electron chi connectivity index (χ4n) is 4.66. The lowest BCUT2D eigenvalue weighted by molar-refractivity contribution is -0.131. The highest BCUT2D eigenvalue weighted by Crippen LogP contribution is 2.22. The number of aryl methyl sites for hydroxylation is 2. The predicted molar refractivity (Wildman–Crippen MR) is 147 cm³/mol. The predicted octanol–water partition coefficient (Wildman–Crippen LogP) is 3.67. The number of amides is 2. The highest BCUT2D eigenvalue weighted by Gasteiger charge is 2.17. The van der Waals surface area contributed by atoms with Gasteiger partial charge in [0.25, 0.3) is 5.91 Å². The second-order valence-corrected chi connectivity index (χ2v) is 9.54. The molecule has 0 unspecified atom stereocenters. The molecule has 0 atom stereocenters. The molecule has 0 saturated carbocycles. The van der Waals surface area contributed by atoms with Crippen LogP contribution in [-0.4, -0.2) is 62.2 Å². The van der Waals surface area contributed by atoms with Gasteiger partial charge >= 0.3 is 0 Å². The first kappa shape index (κ1) is 25.4. The first-order valence-electron chi connectivity index (χ1n) is 13.1. The van der Waals surface area contributed by atoms with Crippen LogP contribution in [0.1, 0.15) is 35.3 Å². The fourth-order valence-corrected chi connectivity index (χ4v) is 4.66. The third kappa shape index (κ3) is 6.18. The molecule has 1 saturated heterocycles. The number of nitrogens with zero attached hydrogens (tertiary/aromatic N) is 5. The highest BCUT2D eigenvalue weighted by molar-refractivity contribution is 6.04. The Bertz CT molecular complexity index is 1390. The molecule has 0 bridgehead atoms. The van der Waals surface area contributed by atoms with E-state index in [1.165, 1.54) is 0 Å². The SMILES string of the molecule is Cn1cc(-c2cccc(C(=O)Nc3nc(CCCCC(=O)N4CCNCC4)cn3-c3ccccc3)c2)cn1. The number of para-hydroxylation sites is 1. The molecular weight excluding hydrogens is 478 g/mol. The molecule has 2 aromatic heterocycles. The molecule has 5 rings (SSSR count). The molecule has 0 spiro atoms. The Morgan fingerprint density at radius 1 is 0.974 bits per heavy atom. The van der Waals surface area contributed by atoms with Crippen molar-refractivity contribution < 1.29 is 9.59 Å². The van der Waals surface area contributed by atoms with E-state index in [-0.39, 0.29) is 11.8 Å². The Kier molecular flexibility index (Phi) is 7.94. The summed E-state index contributed by atoms with van der Waals surface area (Å²) >= 11 is 0. The molecule has 9 nitrogen and oxygen atoms in total. The lowest BCUT2D eigenvalue weighted by Crippen LogP contribution is -2.46. The fraction of sp³-hybridized carbons (Fsp3) is 0.310. The largest absolute Gasteiger partial charge is 0.340 e. The molecule has 4 aromatic rings. The van der Waals surface area contributed by atoms with Crippen molar-refractivity contribution in [3.63, 3.8) is 0 Å². The maximum atomic E-state index is 13.2. The van der Waals surface area contributed by atoms with Crippen LogP contribution in [0.5, 0.6) is 0 Å². The van der Waals surface area contributed by atoms with Crippen LogP contribution < -0.4 is 10.6 Å². The number of hydrogen-bond acceptors (Lipinski definition) is 5. The zero-order valence-corrected chi connectivity index (χ0v) is 21.6. The Morgan fingerprint density at radius 2 is 1.79 bits per heavy atom. The number of hydrogen-bond donors (Lipinski definition) is 2. The first-order valence-corrected chi connectivity index (χ1v) is 13.1. The zero-order chi connectivity index (χ0) is 26.3. The summed E-state index contributed by atoms with van der Waals surface area (Å²) in [5.74, 6) is 0.467. The van der Waals surface area contributed by atoms with Gasteiger partial charge in [0.1, 0.15) is 0 Å². The van der Waals surface area contributed by atoms with Gasteiger partial charge in [0.05, 0.1) is 11.9 Å². The Balaban J connectivity index is 1.27. The number of aromatic nitrogens is 4. The number of nitrogens with one attached hydrogen (secondary N) is 2. The average molecular weight is 512 g/mol. The lowest BCUT2D eigenvalue weighted by Gasteiger charge is -2.27. The van der Waals surface area contributed by atoms with Crippen LogP contribution in [0.4, 0.5) is 5.95 Å². The van der Waals surface area contributed by atoms with Crippen LogP contribution in [0.2, 0.25) is 0 Å². The van der Waals surface area contributed by atoms with Gasteiger partial charge in [0.15, 0.2) is 0 Å². The van der Waals surface area contributed by atoms with Gasteiger partial charge in [-0.05, 0) is 49.1 Å². The van der Waals surface area contributed by atoms with Crippen molar-refractivity contribution in [2.75, 3.05) is 31.5 Å². The van der Waals surface area contributed by atoms with Crippen molar-refractivity contribution in [1.82, 2.24) is 29.5 Å². The molecule has 0 aliphatic carbocycles. The molecule has 1 aliphatic heterocycles. The maximum Gasteiger partial charge on any atom is 0.258 e. The van der Waals surface area contributed by atoms with Gasteiger partial charge in [0.2, 0.25) is 11.9 Å². The van der Waals surface area contributed by atoms with Crippen molar-refractivity contribution in [3.8, 4) is 16.8 Å². The monoisotopic (exact) mass is 511 g/mol. The number of unbranched alkanes of at least 4 members (excludes halogenated alkanes) is 1. The van der Waals surface area contributed by atoms with E-state index in [0.29, 0.717) is 17.9 Å². The number of benzene rings is 2. The molecular formula is C29H33N7O2. The third-order valence-corrected chi connectivity index (χ3v) is 6.72. The molecule has 1 fully saturated rings. The topological polar surface area (TPSA) is 97.1 Å². The number of rotatable bonds is 9. The summed E-state index contributed by atoms with van der Waals surface area (Å²) in [5.41, 5.74) is 4.21. The van der Waals surface area contributed by atoms with Crippen molar-refractivity contribution >= 4 is 17.8 Å². The van der Waals surface area contributed by atoms with Crippen LogP contribution in [0.3, 0.4) is 0 Å². The van der Waals surface area contributed by atoms with E-state index < -0.39 is 0 Å². The molecule has 38 heavy (non-hydrogen) atoms. The summed E-state index contributed by atoms with van der Waals surface area (Å²) in [6.45, 7) is 3.30. The van der Waals surface area contributed by atoms with Gasteiger partial charge in [-0.25, -0.2) is 4.98 Å². The molecule has 9 heteroatoms. The first-order chi connectivity index (χ1) is 18.6. The Hall–Kier alpha value is -4.24. The average Bonchev–Trinajstić information content (AvgIpc) is 3.58. The van der Waals surface area contributed by atoms with E-state index >= 15 is 0 Å². The van der Waals surface area contributed by atoms with Gasteiger partial charge in [0, 0.05) is 68.9 Å². The van der Waals surface area contributed by atoms with Crippen LogP contribution in [0.25, 0.3) is 16.8 Å². The Morgan fingerprint density at radius 3 is 2.55 bits per heavy atom. The van der Waals surface area contributed by atoms with Gasteiger partial charge in [-0.3, -0.25) is 24.2 Å². The number of anilines is 1.